The van der Waals surface area contributed by atoms with Crippen LogP contribution >= 0.6 is 0 Å². The Morgan fingerprint density at radius 2 is 1.92 bits per heavy atom. The Morgan fingerprint density at radius 1 is 1.27 bits per heavy atom. The molecular weight excluding hydrogens is 329 g/mol. The predicted octanol–water partition coefficient (Wildman–Crippen LogP) is 3.53. The molecule has 2 atom stereocenters. The quantitative estimate of drug-likeness (QED) is 0.834. The topological polar surface area (TPSA) is 41.3 Å². The fourth-order valence-corrected chi connectivity index (χ4v) is 4.71. The number of hydrogen-bond acceptors (Lipinski definition) is 3. The highest BCUT2D eigenvalue weighted by molar-refractivity contribution is 5.26. The molecule has 3 heterocycles. The highest BCUT2D eigenvalue weighted by Crippen LogP contribution is 2.46. The number of hydrogen-bond donors (Lipinski definition) is 1. The molecule has 4 rings (SSSR count). The highest BCUT2D eigenvalue weighted by atomic mass is 19.1. The van der Waals surface area contributed by atoms with Crippen molar-refractivity contribution >= 4 is 0 Å². The number of benzene rings is 1. The van der Waals surface area contributed by atoms with E-state index < -0.39 is 5.60 Å². The number of rotatable bonds is 5. The summed E-state index contributed by atoms with van der Waals surface area (Å²) >= 11 is 0. The number of aromatic nitrogens is 2. The zero-order valence-corrected chi connectivity index (χ0v) is 15.2. The first-order chi connectivity index (χ1) is 12.5. The van der Waals surface area contributed by atoms with Gasteiger partial charge in [-0.25, -0.2) is 4.39 Å². The van der Waals surface area contributed by atoms with Crippen LogP contribution in [0.4, 0.5) is 4.39 Å². The van der Waals surface area contributed by atoms with Gasteiger partial charge in [0.1, 0.15) is 5.82 Å². The fraction of sp³-hybridized carbons (Fsp3) is 0.476. The normalized spacial score (nSPS) is 28.4. The van der Waals surface area contributed by atoms with Crippen LogP contribution < -0.4 is 0 Å². The second-order valence-electron chi connectivity index (χ2n) is 7.73. The summed E-state index contributed by atoms with van der Waals surface area (Å²) in [4.78, 5) is 2.53. The van der Waals surface area contributed by atoms with Crippen molar-refractivity contribution in [2.24, 2.45) is 0 Å². The molecule has 2 saturated heterocycles. The zero-order chi connectivity index (χ0) is 18.3. The maximum Gasteiger partial charge on any atom is 0.123 e. The van der Waals surface area contributed by atoms with E-state index in [0.29, 0.717) is 24.9 Å². The minimum atomic E-state index is -0.849. The van der Waals surface area contributed by atoms with E-state index in [1.807, 2.05) is 17.0 Å². The summed E-state index contributed by atoms with van der Waals surface area (Å²) in [5, 5.41) is 15.7. The lowest BCUT2D eigenvalue weighted by molar-refractivity contribution is -0.0595. The predicted molar refractivity (Wildman–Crippen MR) is 99.0 cm³/mol. The second-order valence-corrected chi connectivity index (χ2v) is 7.73. The lowest BCUT2D eigenvalue weighted by Gasteiger charge is -2.44. The number of allylic oxidation sites excluding steroid dienone is 1. The Morgan fingerprint density at radius 3 is 2.54 bits per heavy atom. The van der Waals surface area contributed by atoms with Crippen LogP contribution in [0.25, 0.3) is 0 Å². The van der Waals surface area contributed by atoms with E-state index in [1.54, 1.807) is 12.1 Å². The first-order valence-electron chi connectivity index (χ1n) is 9.36. The van der Waals surface area contributed by atoms with Crippen molar-refractivity contribution in [3.63, 3.8) is 0 Å². The van der Waals surface area contributed by atoms with Crippen molar-refractivity contribution in [1.82, 2.24) is 14.7 Å². The molecular formula is C21H26FN3O. The number of nitrogens with zero attached hydrogens (tertiary/aromatic N) is 3. The summed E-state index contributed by atoms with van der Waals surface area (Å²) in [6, 6.07) is 7.05. The van der Waals surface area contributed by atoms with Gasteiger partial charge in [-0.3, -0.25) is 9.58 Å². The van der Waals surface area contributed by atoms with Gasteiger partial charge in [-0.15, -0.1) is 6.58 Å². The van der Waals surface area contributed by atoms with Crippen LogP contribution in [0, 0.1) is 12.7 Å². The largest absolute Gasteiger partial charge is 0.385 e. The molecule has 2 aliphatic rings. The average Bonchev–Trinajstić information content (AvgIpc) is 3.07. The van der Waals surface area contributed by atoms with Gasteiger partial charge in [0.2, 0.25) is 0 Å². The van der Waals surface area contributed by atoms with E-state index in [-0.39, 0.29) is 5.82 Å². The minimum absolute atomic E-state index is 0.259. The van der Waals surface area contributed by atoms with Crippen LogP contribution in [0.1, 0.15) is 42.5 Å². The third kappa shape index (κ3) is 2.99. The van der Waals surface area contributed by atoms with Crippen molar-refractivity contribution < 1.29 is 9.50 Å². The third-order valence-electron chi connectivity index (χ3n) is 6.16. The van der Waals surface area contributed by atoms with E-state index in [0.717, 1.165) is 31.5 Å². The van der Waals surface area contributed by atoms with Crippen LogP contribution in [-0.4, -0.2) is 31.9 Å². The van der Waals surface area contributed by atoms with Crippen molar-refractivity contribution in [2.45, 2.75) is 63.4 Å². The molecule has 2 aromatic rings. The maximum atomic E-state index is 13.2. The number of piperidine rings is 1. The molecule has 1 N–H and O–H groups in total. The summed E-state index contributed by atoms with van der Waals surface area (Å²) in [6.07, 6.45) is 7.43. The summed E-state index contributed by atoms with van der Waals surface area (Å²) in [6.45, 7) is 7.49. The molecule has 0 spiro atoms. The van der Waals surface area contributed by atoms with Gasteiger partial charge >= 0.3 is 0 Å². The smallest absolute Gasteiger partial charge is 0.123 e. The van der Waals surface area contributed by atoms with Gasteiger partial charge in [0.15, 0.2) is 0 Å². The second kappa shape index (κ2) is 6.63. The summed E-state index contributed by atoms with van der Waals surface area (Å²) in [7, 11) is 0. The first kappa shape index (κ1) is 17.4. The molecule has 2 fully saturated rings. The van der Waals surface area contributed by atoms with E-state index in [2.05, 4.69) is 23.5 Å². The number of fused-ring (bicyclic) bond motifs is 2. The molecule has 0 unspecified atom stereocenters. The number of halogens is 1. The van der Waals surface area contributed by atoms with Crippen molar-refractivity contribution in [1.29, 1.82) is 0 Å². The summed E-state index contributed by atoms with van der Waals surface area (Å²) < 4.78 is 15.2. The molecule has 0 aliphatic carbocycles. The van der Waals surface area contributed by atoms with Gasteiger partial charge in [-0.2, -0.15) is 5.10 Å². The van der Waals surface area contributed by atoms with E-state index >= 15 is 0 Å². The molecule has 0 saturated carbocycles. The Hall–Kier alpha value is -1.98. The van der Waals surface area contributed by atoms with Crippen LogP contribution in [0.15, 0.2) is 43.1 Å². The molecule has 2 aliphatic heterocycles. The van der Waals surface area contributed by atoms with Crippen molar-refractivity contribution in [3.8, 4) is 0 Å². The maximum absolute atomic E-state index is 13.2. The monoisotopic (exact) mass is 355 g/mol. The third-order valence-corrected chi connectivity index (χ3v) is 6.16. The molecule has 5 heteroatoms. The van der Waals surface area contributed by atoms with Gasteiger partial charge < -0.3 is 5.11 Å². The summed E-state index contributed by atoms with van der Waals surface area (Å²) in [5.74, 6) is -0.259. The molecule has 4 nitrogen and oxygen atoms in total. The highest BCUT2D eigenvalue weighted by Gasteiger charge is 2.48. The Labute approximate surface area is 153 Å². The molecule has 1 aromatic heterocycles. The van der Waals surface area contributed by atoms with Gasteiger partial charge in [-0.05, 0) is 50.3 Å². The van der Waals surface area contributed by atoms with E-state index in [1.165, 1.54) is 23.4 Å². The zero-order valence-electron chi connectivity index (χ0n) is 15.2. The van der Waals surface area contributed by atoms with Crippen LogP contribution in [-0.2, 0) is 18.7 Å². The minimum Gasteiger partial charge on any atom is -0.385 e. The van der Waals surface area contributed by atoms with E-state index in [4.69, 9.17) is 0 Å². The average molecular weight is 355 g/mol. The van der Waals surface area contributed by atoms with Crippen LogP contribution in [0.2, 0.25) is 0 Å². The van der Waals surface area contributed by atoms with E-state index in [9.17, 15) is 9.50 Å². The molecule has 138 valence electrons. The Bertz CT molecular complexity index is 784. The lowest BCUT2D eigenvalue weighted by atomic mass is 9.80. The van der Waals surface area contributed by atoms with Gasteiger partial charge in [0.25, 0.3) is 0 Å². The lowest BCUT2D eigenvalue weighted by Crippen LogP contribution is -2.49. The molecule has 0 radical (unpaired) electrons. The van der Waals surface area contributed by atoms with Crippen molar-refractivity contribution in [3.05, 3.63) is 65.8 Å². The molecule has 0 amide bonds. The molecule has 2 bridgehead atoms. The van der Waals surface area contributed by atoms with Crippen LogP contribution in [0.3, 0.4) is 0 Å². The van der Waals surface area contributed by atoms with Gasteiger partial charge in [0.05, 0.1) is 18.3 Å². The Kier molecular flexibility index (Phi) is 4.45. The molecule has 26 heavy (non-hydrogen) atoms. The number of aliphatic hydroxyl groups is 1. The van der Waals surface area contributed by atoms with Crippen molar-refractivity contribution in [2.75, 3.05) is 0 Å². The van der Waals surface area contributed by atoms with Gasteiger partial charge in [0, 0.05) is 29.9 Å². The Balaban J connectivity index is 1.52. The first-order valence-corrected chi connectivity index (χ1v) is 9.36. The summed E-state index contributed by atoms with van der Waals surface area (Å²) in [5.41, 5.74) is 2.42. The van der Waals surface area contributed by atoms with Crippen LogP contribution in [0.5, 0.6) is 0 Å². The fourth-order valence-electron chi connectivity index (χ4n) is 4.71. The SMILES string of the molecule is C=CCn1ncc(CN2[C@H]3CC[C@H]2CC(O)(c2ccc(F)cc2)C3)c1C. The standard InChI is InChI=1S/C21H26FN3O/c1-3-10-25-15(2)16(13-23-25)14-24-19-8-9-20(24)12-21(26,11-19)17-4-6-18(22)7-5-17/h3-7,13,19-20,26H,1,8-12,14H2,2H3/t19-,20-/m0/s1. The van der Waals surface area contributed by atoms with Gasteiger partial charge in [-0.1, -0.05) is 18.2 Å². The molecule has 1 aromatic carbocycles.